The number of ether oxygens (including phenoxy) is 3. The van der Waals surface area contributed by atoms with E-state index in [2.05, 4.69) is 4.99 Å². The fourth-order valence-corrected chi connectivity index (χ4v) is 3.25. The van der Waals surface area contributed by atoms with Crippen molar-refractivity contribution in [2.45, 2.75) is 6.54 Å². The van der Waals surface area contributed by atoms with Gasteiger partial charge in [-0.2, -0.15) is 4.99 Å². The second-order valence-electron chi connectivity index (χ2n) is 4.73. The van der Waals surface area contributed by atoms with E-state index in [9.17, 15) is 9.18 Å². The Morgan fingerprint density at radius 1 is 1.48 bits per heavy atom. The van der Waals surface area contributed by atoms with E-state index in [4.69, 9.17) is 14.2 Å². The SMILES string of the molecule is COCCn1c(=NC(=O)C2=COCCO2)sc2cccc(F)c21. The van der Waals surface area contributed by atoms with Gasteiger partial charge < -0.3 is 18.8 Å². The average Bonchev–Trinajstić information content (AvgIpc) is 2.92. The Labute approximate surface area is 135 Å². The van der Waals surface area contributed by atoms with Gasteiger partial charge in [-0.1, -0.05) is 17.4 Å². The Bertz CT molecular complexity index is 824. The predicted molar refractivity (Wildman–Crippen MR) is 82.2 cm³/mol. The molecular weight excluding hydrogens is 323 g/mol. The first-order chi connectivity index (χ1) is 11.2. The first kappa shape index (κ1) is 15.7. The van der Waals surface area contributed by atoms with Crippen LogP contribution in [-0.4, -0.2) is 37.4 Å². The summed E-state index contributed by atoms with van der Waals surface area (Å²) in [5.74, 6) is -0.865. The van der Waals surface area contributed by atoms with Crippen LogP contribution in [0, 0.1) is 5.82 Å². The predicted octanol–water partition coefficient (Wildman–Crippen LogP) is 1.80. The number of para-hydroxylation sites is 1. The fourth-order valence-electron chi connectivity index (χ4n) is 2.18. The number of carbonyl (C=O) groups excluding carboxylic acids is 1. The van der Waals surface area contributed by atoms with Crippen LogP contribution in [0.5, 0.6) is 0 Å². The number of hydrogen-bond donors (Lipinski definition) is 0. The Morgan fingerprint density at radius 3 is 3.09 bits per heavy atom. The van der Waals surface area contributed by atoms with E-state index in [0.717, 1.165) is 0 Å². The summed E-state index contributed by atoms with van der Waals surface area (Å²) in [5, 5.41) is 0. The van der Waals surface area contributed by atoms with Crippen molar-refractivity contribution >= 4 is 27.5 Å². The lowest BCUT2D eigenvalue weighted by Crippen LogP contribution is -2.21. The summed E-state index contributed by atoms with van der Waals surface area (Å²) in [6.07, 6.45) is 1.25. The molecule has 1 amide bonds. The summed E-state index contributed by atoms with van der Waals surface area (Å²) in [4.78, 5) is 16.6. The number of benzene rings is 1. The van der Waals surface area contributed by atoms with Crippen LogP contribution in [0.1, 0.15) is 0 Å². The Morgan fingerprint density at radius 2 is 2.35 bits per heavy atom. The van der Waals surface area contributed by atoms with Gasteiger partial charge in [0.25, 0.3) is 0 Å². The van der Waals surface area contributed by atoms with Crippen LogP contribution in [-0.2, 0) is 25.5 Å². The average molecular weight is 338 g/mol. The molecule has 0 unspecified atom stereocenters. The van der Waals surface area contributed by atoms with Gasteiger partial charge >= 0.3 is 5.91 Å². The van der Waals surface area contributed by atoms with Crippen molar-refractivity contribution in [2.24, 2.45) is 4.99 Å². The van der Waals surface area contributed by atoms with Gasteiger partial charge in [-0.15, -0.1) is 0 Å². The minimum atomic E-state index is -0.553. The minimum absolute atomic E-state index is 0.0486. The lowest BCUT2D eigenvalue weighted by atomic mass is 10.3. The van der Waals surface area contributed by atoms with E-state index in [1.54, 1.807) is 23.8 Å². The number of aromatic nitrogens is 1. The number of rotatable bonds is 4. The third kappa shape index (κ3) is 3.27. The number of amides is 1. The van der Waals surface area contributed by atoms with Crippen molar-refractivity contribution in [3.63, 3.8) is 0 Å². The normalized spacial score (nSPS) is 15.2. The third-order valence-electron chi connectivity index (χ3n) is 3.23. The standard InChI is InChI=1S/C15H15FN2O4S/c1-20-6-5-18-13-10(16)3-2-4-12(13)23-15(18)17-14(19)11-9-21-7-8-22-11/h2-4,9H,5-8H2,1H3. The van der Waals surface area contributed by atoms with Gasteiger partial charge in [0.2, 0.25) is 5.76 Å². The van der Waals surface area contributed by atoms with Gasteiger partial charge in [0.1, 0.15) is 25.3 Å². The number of nitrogens with zero attached hydrogens (tertiary/aromatic N) is 2. The molecule has 122 valence electrons. The van der Waals surface area contributed by atoms with Crippen molar-refractivity contribution in [1.29, 1.82) is 0 Å². The zero-order valence-corrected chi connectivity index (χ0v) is 13.3. The summed E-state index contributed by atoms with van der Waals surface area (Å²) in [6, 6.07) is 4.79. The van der Waals surface area contributed by atoms with Crippen molar-refractivity contribution in [3.05, 3.63) is 40.8 Å². The maximum Gasteiger partial charge on any atom is 0.317 e. The van der Waals surface area contributed by atoms with Crippen LogP contribution in [0.4, 0.5) is 4.39 Å². The minimum Gasteiger partial charge on any atom is -0.494 e. The van der Waals surface area contributed by atoms with Crippen LogP contribution in [0.3, 0.4) is 0 Å². The molecule has 3 rings (SSSR count). The summed E-state index contributed by atoms with van der Waals surface area (Å²) < 4.78 is 31.8. The molecule has 0 atom stereocenters. The van der Waals surface area contributed by atoms with Crippen LogP contribution < -0.4 is 4.80 Å². The van der Waals surface area contributed by atoms with Crippen LogP contribution in [0.2, 0.25) is 0 Å². The molecule has 0 aliphatic carbocycles. The highest BCUT2D eigenvalue weighted by Crippen LogP contribution is 2.20. The maximum absolute atomic E-state index is 14.1. The number of thiazole rings is 1. The molecule has 0 N–H and O–H groups in total. The van der Waals surface area contributed by atoms with Crippen molar-refractivity contribution in [3.8, 4) is 0 Å². The maximum atomic E-state index is 14.1. The smallest absolute Gasteiger partial charge is 0.317 e. The first-order valence-corrected chi connectivity index (χ1v) is 7.83. The second-order valence-corrected chi connectivity index (χ2v) is 5.74. The summed E-state index contributed by atoms with van der Waals surface area (Å²) in [7, 11) is 1.56. The molecule has 1 aromatic heterocycles. The van der Waals surface area contributed by atoms with Gasteiger partial charge in [0.05, 0.1) is 16.8 Å². The summed E-state index contributed by atoms with van der Waals surface area (Å²) in [5.41, 5.74) is 0.413. The highest BCUT2D eigenvalue weighted by Gasteiger charge is 2.16. The molecule has 6 nitrogen and oxygen atoms in total. The van der Waals surface area contributed by atoms with E-state index in [1.807, 2.05) is 0 Å². The van der Waals surface area contributed by atoms with Crippen molar-refractivity contribution in [1.82, 2.24) is 4.57 Å². The summed E-state index contributed by atoms with van der Waals surface area (Å²) >= 11 is 1.24. The lowest BCUT2D eigenvalue weighted by Gasteiger charge is -2.12. The van der Waals surface area contributed by atoms with Crippen LogP contribution in [0.15, 0.2) is 35.2 Å². The highest BCUT2D eigenvalue weighted by atomic mass is 32.1. The topological polar surface area (TPSA) is 62.1 Å². The van der Waals surface area contributed by atoms with E-state index >= 15 is 0 Å². The zero-order chi connectivity index (χ0) is 16.2. The van der Waals surface area contributed by atoms with Gasteiger partial charge in [0.15, 0.2) is 4.80 Å². The molecule has 0 fully saturated rings. The highest BCUT2D eigenvalue weighted by molar-refractivity contribution is 7.16. The molecule has 0 spiro atoms. The number of fused-ring (bicyclic) bond motifs is 1. The monoisotopic (exact) mass is 338 g/mol. The first-order valence-electron chi connectivity index (χ1n) is 7.01. The molecule has 0 radical (unpaired) electrons. The van der Waals surface area contributed by atoms with Gasteiger partial charge in [-0.3, -0.25) is 4.79 Å². The molecule has 0 bridgehead atoms. The van der Waals surface area contributed by atoms with Crippen molar-refractivity contribution < 1.29 is 23.4 Å². The van der Waals surface area contributed by atoms with E-state index in [1.165, 1.54) is 23.7 Å². The number of methoxy groups -OCH3 is 1. The van der Waals surface area contributed by atoms with Gasteiger partial charge in [0, 0.05) is 13.7 Å². The number of hydrogen-bond acceptors (Lipinski definition) is 5. The Hall–Kier alpha value is -2.19. The number of halogens is 1. The molecule has 1 aliphatic rings. The molecule has 2 heterocycles. The van der Waals surface area contributed by atoms with Crippen LogP contribution in [0.25, 0.3) is 10.2 Å². The molecule has 1 aliphatic heterocycles. The fraction of sp³-hybridized carbons (Fsp3) is 0.333. The molecule has 0 saturated carbocycles. The quantitative estimate of drug-likeness (QED) is 0.853. The molecular formula is C15H15FN2O4S. The zero-order valence-electron chi connectivity index (χ0n) is 12.5. The second kappa shape index (κ2) is 6.93. The third-order valence-corrected chi connectivity index (χ3v) is 4.27. The van der Waals surface area contributed by atoms with E-state index < -0.39 is 5.91 Å². The number of carbonyl (C=O) groups is 1. The largest absolute Gasteiger partial charge is 0.494 e. The Balaban J connectivity index is 2.08. The van der Waals surface area contributed by atoms with E-state index in [0.29, 0.717) is 41.4 Å². The molecule has 1 aromatic carbocycles. The molecule has 8 heteroatoms. The van der Waals surface area contributed by atoms with Gasteiger partial charge in [-0.25, -0.2) is 4.39 Å². The van der Waals surface area contributed by atoms with Crippen molar-refractivity contribution in [2.75, 3.05) is 26.9 Å². The molecule has 2 aromatic rings. The molecule has 23 heavy (non-hydrogen) atoms. The Kier molecular flexibility index (Phi) is 4.73. The molecule has 0 saturated heterocycles. The van der Waals surface area contributed by atoms with Crippen LogP contribution >= 0.6 is 11.3 Å². The van der Waals surface area contributed by atoms with E-state index in [-0.39, 0.29) is 11.6 Å². The summed E-state index contributed by atoms with van der Waals surface area (Å²) in [6.45, 7) is 1.47. The lowest BCUT2D eigenvalue weighted by molar-refractivity contribution is -0.119. The van der Waals surface area contributed by atoms with Gasteiger partial charge in [-0.05, 0) is 12.1 Å².